The van der Waals surface area contributed by atoms with Gasteiger partial charge >= 0.3 is 39.5 Å². The first-order chi connectivity index (χ1) is 36.7. The summed E-state index contributed by atoms with van der Waals surface area (Å²) in [7, 11) is -9.85. The second-order valence-corrected chi connectivity index (χ2v) is 23.6. The minimum absolute atomic E-state index is 0.103. The van der Waals surface area contributed by atoms with Crippen LogP contribution >= 0.6 is 15.6 Å². The van der Waals surface area contributed by atoms with Crippen LogP contribution in [0, 0.1) is 0 Å². The van der Waals surface area contributed by atoms with Gasteiger partial charge in [-0.2, -0.15) is 0 Å². The molecule has 17 nitrogen and oxygen atoms in total. The number of esters is 4. The van der Waals surface area contributed by atoms with Crippen molar-refractivity contribution in [1.82, 2.24) is 0 Å². The van der Waals surface area contributed by atoms with Gasteiger partial charge < -0.3 is 33.8 Å². The molecule has 5 atom stereocenters. The maximum atomic E-state index is 12.9. The molecule has 0 fully saturated rings. The van der Waals surface area contributed by atoms with E-state index in [4.69, 9.17) is 37.0 Å². The third-order valence-electron chi connectivity index (χ3n) is 13.1. The standard InChI is InChI=1S/C57H110O17P2/c1-5-9-13-17-20-22-23-24-25-26-27-28-29-32-36-40-44-57(62)74-53(48-68-55(60)42-38-34-31-21-18-14-10-6-2)50-72-76(65,66)70-46-51(58)45-69-75(63,64)71-49-52(47-67-54(59)41-37-33-16-12-8-4)73-56(61)43-39-35-30-19-15-11-7-3/h51-53,58H,5-50H2,1-4H3,(H,63,64)(H,65,66)/t51-,52+,53+/m0/s1. The Morgan fingerprint density at radius 3 is 0.776 bits per heavy atom. The Kier molecular flexibility index (Phi) is 51.1. The molecule has 0 aliphatic carbocycles. The molecule has 0 radical (unpaired) electrons. The molecule has 0 heterocycles. The number of phosphoric ester groups is 2. The lowest BCUT2D eigenvalue weighted by Crippen LogP contribution is -2.30. The van der Waals surface area contributed by atoms with Crippen LogP contribution < -0.4 is 0 Å². The fourth-order valence-corrected chi connectivity index (χ4v) is 9.98. The lowest BCUT2D eigenvalue weighted by Gasteiger charge is -2.21. The van der Waals surface area contributed by atoms with Gasteiger partial charge in [-0.1, -0.05) is 233 Å². The van der Waals surface area contributed by atoms with Crippen LogP contribution in [0.2, 0.25) is 0 Å². The van der Waals surface area contributed by atoms with Crippen molar-refractivity contribution in [2.45, 2.75) is 303 Å². The first-order valence-corrected chi connectivity index (χ1v) is 33.3. The van der Waals surface area contributed by atoms with E-state index >= 15 is 0 Å². The van der Waals surface area contributed by atoms with E-state index in [0.29, 0.717) is 25.7 Å². The summed E-state index contributed by atoms with van der Waals surface area (Å²) in [5.74, 6) is -2.16. The molecule has 0 aromatic heterocycles. The van der Waals surface area contributed by atoms with E-state index in [9.17, 15) is 43.2 Å². The minimum Gasteiger partial charge on any atom is -0.462 e. The molecule has 0 amide bonds. The summed E-state index contributed by atoms with van der Waals surface area (Å²) < 4.78 is 67.3. The van der Waals surface area contributed by atoms with Crippen LogP contribution in [0.15, 0.2) is 0 Å². The van der Waals surface area contributed by atoms with Crippen molar-refractivity contribution < 1.29 is 80.2 Å². The first-order valence-electron chi connectivity index (χ1n) is 30.3. The fourth-order valence-electron chi connectivity index (χ4n) is 8.40. The average Bonchev–Trinajstić information content (AvgIpc) is 3.39. The normalized spacial score (nSPS) is 14.4. The van der Waals surface area contributed by atoms with Gasteiger partial charge in [-0.25, -0.2) is 9.13 Å². The Morgan fingerprint density at radius 1 is 0.316 bits per heavy atom. The van der Waals surface area contributed by atoms with Crippen LogP contribution in [0.3, 0.4) is 0 Å². The highest BCUT2D eigenvalue weighted by Gasteiger charge is 2.30. The van der Waals surface area contributed by atoms with Gasteiger partial charge in [-0.15, -0.1) is 0 Å². The van der Waals surface area contributed by atoms with E-state index in [1.165, 1.54) is 89.9 Å². The highest BCUT2D eigenvalue weighted by atomic mass is 31.2. The van der Waals surface area contributed by atoms with E-state index in [1.807, 2.05) is 0 Å². The fraction of sp³-hybridized carbons (Fsp3) is 0.930. The molecule has 19 heteroatoms. The second kappa shape index (κ2) is 52.4. The zero-order valence-electron chi connectivity index (χ0n) is 48.2. The minimum atomic E-state index is -4.93. The number of rotatable bonds is 58. The Morgan fingerprint density at radius 2 is 0.526 bits per heavy atom. The molecule has 0 aromatic rings. The number of carbonyl (C=O) groups excluding carboxylic acids is 4. The van der Waals surface area contributed by atoms with Gasteiger partial charge in [0.25, 0.3) is 0 Å². The van der Waals surface area contributed by atoms with Crippen molar-refractivity contribution in [2.75, 3.05) is 39.6 Å². The van der Waals surface area contributed by atoms with Crippen LogP contribution in [0.5, 0.6) is 0 Å². The van der Waals surface area contributed by atoms with Crippen molar-refractivity contribution in [3.05, 3.63) is 0 Å². The summed E-state index contributed by atoms with van der Waals surface area (Å²) in [5, 5.41) is 10.5. The van der Waals surface area contributed by atoms with Crippen molar-refractivity contribution in [3.8, 4) is 0 Å². The molecular weight excluding hydrogens is 1020 g/mol. The molecule has 0 aromatic carbocycles. The third kappa shape index (κ3) is 51.5. The molecule has 0 saturated heterocycles. The van der Waals surface area contributed by atoms with Crippen molar-refractivity contribution >= 4 is 39.5 Å². The summed E-state index contributed by atoms with van der Waals surface area (Å²) in [6, 6.07) is 0. The van der Waals surface area contributed by atoms with Crippen LogP contribution in [0.1, 0.15) is 285 Å². The Balaban J connectivity index is 5.10. The molecule has 0 aliphatic heterocycles. The van der Waals surface area contributed by atoms with Crippen molar-refractivity contribution in [2.24, 2.45) is 0 Å². The SMILES string of the molecule is CCCCCCCCCCCCCCCCCCC(=O)O[C@H](COC(=O)CCCCCCCCCC)COP(=O)(O)OC[C@@H](O)COP(=O)(O)OC[C@@H](COC(=O)CCCCCCC)OC(=O)CCCCCCCCC. The molecular formula is C57H110O17P2. The van der Waals surface area contributed by atoms with Crippen LogP contribution in [-0.4, -0.2) is 96.7 Å². The number of aliphatic hydroxyl groups is 1. The molecule has 76 heavy (non-hydrogen) atoms. The van der Waals surface area contributed by atoms with E-state index < -0.39 is 97.5 Å². The van der Waals surface area contributed by atoms with Crippen molar-refractivity contribution in [1.29, 1.82) is 0 Å². The maximum absolute atomic E-state index is 12.9. The summed E-state index contributed by atoms with van der Waals surface area (Å²) in [4.78, 5) is 71.4. The summed E-state index contributed by atoms with van der Waals surface area (Å²) in [6.07, 6.45) is 35.4. The third-order valence-corrected chi connectivity index (χ3v) is 15.0. The zero-order chi connectivity index (χ0) is 56.2. The van der Waals surface area contributed by atoms with Crippen LogP contribution in [0.4, 0.5) is 0 Å². The smallest absolute Gasteiger partial charge is 0.462 e. The lowest BCUT2D eigenvalue weighted by atomic mass is 10.0. The largest absolute Gasteiger partial charge is 0.472 e. The van der Waals surface area contributed by atoms with Crippen LogP contribution in [-0.2, 0) is 65.4 Å². The summed E-state index contributed by atoms with van der Waals surface area (Å²) in [6.45, 7) is 4.69. The predicted octanol–water partition coefficient (Wildman–Crippen LogP) is 15.2. The highest BCUT2D eigenvalue weighted by molar-refractivity contribution is 7.47. The van der Waals surface area contributed by atoms with Crippen molar-refractivity contribution in [3.63, 3.8) is 0 Å². The molecule has 3 N–H and O–H groups in total. The number of phosphoric acid groups is 2. The number of ether oxygens (including phenoxy) is 4. The number of carbonyl (C=O) groups is 4. The lowest BCUT2D eigenvalue weighted by molar-refractivity contribution is -0.161. The molecule has 2 unspecified atom stereocenters. The number of unbranched alkanes of at least 4 members (excludes halogenated alkanes) is 32. The monoisotopic (exact) mass is 1130 g/mol. The van der Waals surface area contributed by atoms with E-state index in [-0.39, 0.29) is 25.7 Å². The van der Waals surface area contributed by atoms with Gasteiger partial charge in [0.2, 0.25) is 0 Å². The molecule has 0 aliphatic rings. The molecule has 0 bridgehead atoms. The first kappa shape index (κ1) is 74.1. The van der Waals surface area contributed by atoms with E-state index in [0.717, 1.165) is 116 Å². The Labute approximate surface area is 460 Å². The predicted molar refractivity (Wildman–Crippen MR) is 299 cm³/mol. The Hall–Kier alpha value is -1.94. The van der Waals surface area contributed by atoms with Gasteiger partial charge in [-0.3, -0.25) is 37.3 Å². The second-order valence-electron chi connectivity index (χ2n) is 20.7. The zero-order valence-corrected chi connectivity index (χ0v) is 50.0. The van der Waals surface area contributed by atoms with E-state index in [1.54, 1.807) is 0 Å². The highest BCUT2D eigenvalue weighted by Crippen LogP contribution is 2.45. The maximum Gasteiger partial charge on any atom is 0.472 e. The topological polar surface area (TPSA) is 237 Å². The Bertz CT molecular complexity index is 1490. The number of aliphatic hydroxyl groups excluding tert-OH is 1. The number of hydrogen-bond donors (Lipinski definition) is 3. The molecule has 0 rings (SSSR count). The van der Waals surface area contributed by atoms with Gasteiger partial charge in [-0.05, 0) is 25.7 Å². The average molecular weight is 1130 g/mol. The summed E-state index contributed by atoms with van der Waals surface area (Å²) >= 11 is 0. The molecule has 0 saturated carbocycles. The van der Waals surface area contributed by atoms with Gasteiger partial charge in [0.1, 0.15) is 19.3 Å². The molecule has 0 spiro atoms. The van der Waals surface area contributed by atoms with Gasteiger partial charge in [0, 0.05) is 25.7 Å². The van der Waals surface area contributed by atoms with Gasteiger partial charge in [0.05, 0.1) is 26.4 Å². The summed E-state index contributed by atoms with van der Waals surface area (Å²) in [5.41, 5.74) is 0. The van der Waals surface area contributed by atoms with E-state index in [2.05, 4.69) is 27.7 Å². The molecule has 450 valence electrons. The number of hydrogen-bond acceptors (Lipinski definition) is 15. The van der Waals surface area contributed by atoms with Crippen LogP contribution in [0.25, 0.3) is 0 Å². The quantitative estimate of drug-likeness (QED) is 0.0222. The van der Waals surface area contributed by atoms with Gasteiger partial charge in [0.15, 0.2) is 12.2 Å².